The van der Waals surface area contributed by atoms with E-state index in [0.29, 0.717) is 11.1 Å². The van der Waals surface area contributed by atoms with Crippen LogP contribution in [0.2, 0.25) is 0 Å². The lowest BCUT2D eigenvalue weighted by Crippen LogP contribution is -2.09. The Labute approximate surface area is 112 Å². The van der Waals surface area contributed by atoms with Gasteiger partial charge in [0.1, 0.15) is 11.3 Å². The number of methoxy groups -OCH3 is 2. The third kappa shape index (κ3) is 3.14. The number of carbonyl (C=O) groups is 1. The molecule has 1 rings (SSSR count). The predicted octanol–water partition coefficient (Wildman–Crippen LogP) is 1.92. The van der Waals surface area contributed by atoms with Crippen LogP contribution in [0.15, 0.2) is 23.6 Å². The summed E-state index contributed by atoms with van der Waals surface area (Å²) in [6.07, 6.45) is 1.07. The van der Waals surface area contributed by atoms with E-state index in [1.807, 2.05) is 0 Å². The molecule has 104 valence electrons. The van der Waals surface area contributed by atoms with Crippen LogP contribution >= 0.6 is 0 Å². The van der Waals surface area contributed by atoms with Crippen molar-refractivity contribution in [3.05, 3.63) is 29.8 Å². The molecule has 19 heavy (non-hydrogen) atoms. The second-order valence-electron chi connectivity index (χ2n) is 4.10. The molecule has 0 saturated heterocycles. The second kappa shape index (κ2) is 5.44. The first-order valence-corrected chi connectivity index (χ1v) is 7.27. The topological polar surface area (TPSA) is 69.7 Å². The Morgan fingerprint density at radius 3 is 2.11 bits per heavy atom. The van der Waals surface area contributed by atoms with Crippen LogP contribution in [0.3, 0.4) is 0 Å². The first-order chi connectivity index (χ1) is 8.72. The number of rotatable bonds is 4. The van der Waals surface area contributed by atoms with Crippen LogP contribution in [0.5, 0.6) is 5.75 Å². The number of carbonyl (C=O) groups excluding carboxylic acids is 1. The van der Waals surface area contributed by atoms with Gasteiger partial charge in [0.2, 0.25) is 0 Å². The van der Waals surface area contributed by atoms with E-state index in [4.69, 9.17) is 4.74 Å². The van der Waals surface area contributed by atoms with Gasteiger partial charge in [0.05, 0.1) is 19.1 Å². The largest absolute Gasteiger partial charge is 0.495 e. The molecule has 6 heteroatoms. The van der Waals surface area contributed by atoms with Crippen molar-refractivity contribution < 1.29 is 22.7 Å². The van der Waals surface area contributed by atoms with E-state index in [9.17, 15) is 13.2 Å². The van der Waals surface area contributed by atoms with Crippen LogP contribution < -0.4 is 4.74 Å². The molecule has 0 saturated carbocycles. The second-order valence-corrected chi connectivity index (χ2v) is 6.11. The standard InChI is InChI=1S/C13H16O5S/c1-8(2)10-6-9(19(5,15)16)7-11(12(10)17-3)13(14)18-4/h6-7H,1H2,2-5H3. The van der Waals surface area contributed by atoms with Crippen molar-refractivity contribution in [2.75, 3.05) is 20.5 Å². The Balaban J connectivity index is 3.74. The number of benzene rings is 1. The van der Waals surface area contributed by atoms with E-state index in [1.165, 1.54) is 26.4 Å². The molecule has 0 spiro atoms. The molecule has 0 aliphatic rings. The Morgan fingerprint density at radius 1 is 1.21 bits per heavy atom. The number of ether oxygens (including phenoxy) is 2. The molecule has 5 nitrogen and oxygen atoms in total. The fourth-order valence-electron chi connectivity index (χ4n) is 1.61. The molecule has 0 aliphatic heterocycles. The Bertz CT molecular complexity index is 629. The van der Waals surface area contributed by atoms with Crippen LogP contribution in [-0.2, 0) is 14.6 Å². The number of hydrogen-bond acceptors (Lipinski definition) is 5. The molecule has 0 aromatic heterocycles. The summed E-state index contributed by atoms with van der Waals surface area (Å²) >= 11 is 0. The summed E-state index contributed by atoms with van der Waals surface area (Å²) in [5, 5.41) is 0. The zero-order valence-electron chi connectivity index (χ0n) is 11.3. The molecule has 0 amide bonds. The molecule has 0 heterocycles. The first-order valence-electron chi connectivity index (χ1n) is 5.38. The molecule has 1 aromatic carbocycles. The van der Waals surface area contributed by atoms with Gasteiger partial charge in [-0.1, -0.05) is 6.58 Å². The van der Waals surface area contributed by atoms with Crippen LogP contribution in [0.4, 0.5) is 0 Å². The minimum Gasteiger partial charge on any atom is -0.495 e. The van der Waals surface area contributed by atoms with Crippen molar-refractivity contribution in [2.24, 2.45) is 0 Å². The third-order valence-corrected chi connectivity index (χ3v) is 3.65. The number of allylic oxidation sites excluding steroid dienone is 1. The Kier molecular flexibility index (Phi) is 4.36. The monoisotopic (exact) mass is 284 g/mol. The van der Waals surface area contributed by atoms with Crippen molar-refractivity contribution in [2.45, 2.75) is 11.8 Å². The summed E-state index contributed by atoms with van der Waals surface area (Å²) in [7, 11) is -0.838. The maximum Gasteiger partial charge on any atom is 0.341 e. The fourth-order valence-corrected chi connectivity index (χ4v) is 2.28. The van der Waals surface area contributed by atoms with Gasteiger partial charge in [-0.05, 0) is 24.6 Å². The van der Waals surface area contributed by atoms with Gasteiger partial charge in [0, 0.05) is 11.8 Å². The molecule has 0 bridgehead atoms. The normalized spacial score (nSPS) is 10.9. The average Bonchev–Trinajstić information content (AvgIpc) is 2.34. The summed E-state index contributed by atoms with van der Waals surface area (Å²) in [5.74, 6) is -0.406. The summed E-state index contributed by atoms with van der Waals surface area (Å²) in [6.45, 7) is 5.46. The number of sulfone groups is 1. The molecule has 0 aliphatic carbocycles. The Morgan fingerprint density at radius 2 is 1.74 bits per heavy atom. The maximum absolute atomic E-state index is 11.7. The lowest BCUT2D eigenvalue weighted by molar-refractivity contribution is 0.0596. The molecular weight excluding hydrogens is 268 g/mol. The molecule has 0 atom stereocenters. The third-order valence-electron chi connectivity index (χ3n) is 2.56. The summed E-state index contributed by atoms with van der Waals surface area (Å²) in [6, 6.07) is 2.68. The summed E-state index contributed by atoms with van der Waals surface area (Å²) < 4.78 is 33.1. The minimum atomic E-state index is -3.45. The van der Waals surface area contributed by atoms with E-state index in [-0.39, 0.29) is 16.2 Å². The van der Waals surface area contributed by atoms with Crippen LogP contribution in [0.1, 0.15) is 22.8 Å². The van der Waals surface area contributed by atoms with Gasteiger partial charge in [0.25, 0.3) is 0 Å². The van der Waals surface area contributed by atoms with Gasteiger partial charge in [0.15, 0.2) is 9.84 Å². The zero-order chi connectivity index (χ0) is 14.8. The average molecular weight is 284 g/mol. The first kappa shape index (κ1) is 15.2. The summed E-state index contributed by atoms with van der Waals surface area (Å²) in [5.41, 5.74) is 1.12. The van der Waals surface area contributed by atoms with Crippen molar-refractivity contribution in [1.29, 1.82) is 0 Å². The van der Waals surface area contributed by atoms with Gasteiger partial charge in [-0.3, -0.25) is 0 Å². The van der Waals surface area contributed by atoms with Crippen molar-refractivity contribution in [1.82, 2.24) is 0 Å². The SMILES string of the molecule is C=C(C)c1cc(S(C)(=O)=O)cc(C(=O)OC)c1OC. The molecular formula is C13H16O5S. The van der Waals surface area contributed by atoms with Crippen LogP contribution in [0.25, 0.3) is 5.57 Å². The highest BCUT2D eigenvalue weighted by atomic mass is 32.2. The van der Waals surface area contributed by atoms with E-state index in [2.05, 4.69) is 11.3 Å². The van der Waals surface area contributed by atoms with Crippen molar-refractivity contribution >= 4 is 21.4 Å². The molecule has 0 fully saturated rings. The van der Waals surface area contributed by atoms with E-state index in [0.717, 1.165) is 6.26 Å². The molecule has 0 radical (unpaired) electrons. The molecule has 0 unspecified atom stereocenters. The van der Waals surface area contributed by atoms with Gasteiger partial charge in [-0.15, -0.1) is 0 Å². The summed E-state index contributed by atoms with van der Waals surface area (Å²) in [4.78, 5) is 11.7. The quantitative estimate of drug-likeness (QED) is 0.790. The fraction of sp³-hybridized carbons (Fsp3) is 0.308. The highest BCUT2D eigenvalue weighted by molar-refractivity contribution is 7.90. The van der Waals surface area contributed by atoms with Crippen LogP contribution in [0, 0.1) is 0 Å². The van der Waals surface area contributed by atoms with E-state index in [1.54, 1.807) is 6.92 Å². The highest BCUT2D eigenvalue weighted by Crippen LogP contribution is 2.32. The van der Waals surface area contributed by atoms with Crippen molar-refractivity contribution in [3.8, 4) is 5.75 Å². The molecule has 1 aromatic rings. The van der Waals surface area contributed by atoms with Gasteiger partial charge in [-0.25, -0.2) is 13.2 Å². The minimum absolute atomic E-state index is 0.0201. The van der Waals surface area contributed by atoms with E-state index >= 15 is 0 Å². The lowest BCUT2D eigenvalue weighted by Gasteiger charge is -2.14. The zero-order valence-corrected chi connectivity index (χ0v) is 12.1. The van der Waals surface area contributed by atoms with Crippen LogP contribution in [-0.4, -0.2) is 34.9 Å². The van der Waals surface area contributed by atoms with Crippen molar-refractivity contribution in [3.63, 3.8) is 0 Å². The highest BCUT2D eigenvalue weighted by Gasteiger charge is 2.21. The lowest BCUT2D eigenvalue weighted by atomic mass is 10.0. The maximum atomic E-state index is 11.7. The number of esters is 1. The van der Waals surface area contributed by atoms with Gasteiger partial charge in [-0.2, -0.15) is 0 Å². The number of hydrogen-bond donors (Lipinski definition) is 0. The molecule has 0 N–H and O–H groups in total. The van der Waals surface area contributed by atoms with Gasteiger partial charge >= 0.3 is 5.97 Å². The van der Waals surface area contributed by atoms with Gasteiger partial charge < -0.3 is 9.47 Å². The predicted molar refractivity (Wildman–Crippen MR) is 72.2 cm³/mol. The van der Waals surface area contributed by atoms with E-state index < -0.39 is 15.8 Å². The smallest absolute Gasteiger partial charge is 0.341 e. The Hall–Kier alpha value is -1.82.